The summed E-state index contributed by atoms with van der Waals surface area (Å²) in [6, 6.07) is 22.5. The largest absolute Gasteiger partial charge is 0.242 e. The molecule has 6 heteroatoms. The minimum absolute atomic E-state index is 1.00. The predicted octanol–water partition coefficient (Wildman–Crippen LogP) is 14.3. The average Bonchev–Trinajstić information content (AvgIpc) is 3.91. The summed E-state index contributed by atoms with van der Waals surface area (Å²) in [5.41, 5.74) is 6.40. The molecule has 0 N–H and O–H groups in total. The van der Waals surface area contributed by atoms with Crippen LogP contribution in [0.2, 0.25) is 0 Å². The van der Waals surface area contributed by atoms with Crippen molar-refractivity contribution in [1.82, 2.24) is 9.97 Å². The zero-order chi connectivity index (χ0) is 31.6. The molecule has 46 heavy (non-hydrogen) atoms. The van der Waals surface area contributed by atoms with Crippen molar-refractivity contribution < 1.29 is 0 Å². The topological polar surface area (TPSA) is 25.8 Å². The number of aromatic nitrogens is 2. The molecule has 240 valence electrons. The lowest BCUT2D eigenvalue weighted by Gasteiger charge is -2.13. The molecular weight excluding hydrogens is 637 g/mol. The van der Waals surface area contributed by atoms with Gasteiger partial charge in [-0.05, 0) is 72.8 Å². The molecule has 0 spiro atoms. The summed E-state index contributed by atoms with van der Waals surface area (Å²) in [6.07, 6.45) is 18.2. The highest BCUT2D eigenvalue weighted by Crippen LogP contribution is 2.43. The Hall–Kier alpha value is -2.64. The number of benzene rings is 1. The lowest BCUT2D eigenvalue weighted by atomic mass is 10.0. The highest BCUT2D eigenvalue weighted by Gasteiger charge is 2.21. The molecule has 0 bridgehead atoms. The van der Waals surface area contributed by atoms with Crippen LogP contribution in [-0.4, -0.2) is 9.97 Å². The Labute approximate surface area is 291 Å². The normalized spacial score (nSPS) is 11.6. The highest BCUT2D eigenvalue weighted by atomic mass is 32.1. The molecule has 0 radical (unpaired) electrons. The quantitative estimate of drug-likeness (QED) is 0.0843. The molecule has 5 aromatic heterocycles. The summed E-state index contributed by atoms with van der Waals surface area (Å²) >= 11 is 7.37. The minimum atomic E-state index is 1.00. The lowest BCUT2D eigenvalue weighted by molar-refractivity contribution is 0.609. The van der Waals surface area contributed by atoms with E-state index >= 15 is 0 Å². The van der Waals surface area contributed by atoms with Crippen LogP contribution in [0, 0.1) is 0 Å². The van der Waals surface area contributed by atoms with Crippen LogP contribution in [0.5, 0.6) is 0 Å². The minimum Gasteiger partial charge on any atom is -0.242 e. The smallest absolute Gasteiger partial charge is 0.108 e. The molecule has 0 aliphatic carbocycles. The number of hydrogen-bond acceptors (Lipinski definition) is 6. The van der Waals surface area contributed by atoms with E-state index in [4.69, 9.17) is 9.97 Å². The molecule has 6 aromatic rings. The second-order valence-electron chi connectivity index (χ2n) is 12.3. The Balaban J connectivity index is 1.38. The van der Waals surface area contributed by atoms with Crippen molar-refractivity contribution in [3.05, 3.63) is 81.2 Å². The van der Waals surface area contributed by atoms with Crippen molar-refractivity contribution in [2.75, 3.05) is 0 Å². The maximum Gasteiger partial charge on any atom is 0.108 e. The third-order valence-electron chi connectivity index (χ3n) is 8.74. The Morgan fingerprint density at radius 3 is 1.30 bits per heavy atom. The zero-order valence-corrected chi connectivity index (χ0v) is 30.6. The SMILES string of the molecule is CCCCCCCCc1ccc(-c2nc3c(-c4cccs4)ccc(-c4cccs4)c3nc2-c2ccc(CCCCCCCC)s2)s1. The molecule has 1 aromatic carbocycles. The van der Waals surface area contributed by atoms with E-state index in [0.29, 0.717) is 0 Å². The van der Waals surface area contributed by atoms with Gasteiger partial charge in [0, 0.05) is 30.6 Å². The molecule has 0 fully saturated rings. The van der Waals surface area contributed by atoms with Crippen LogP contribution in [0.15, 0.2) is 71.4 Å². The van der Waals surface area contributed by atoms with E-state index in [1.807, 2.05) is 22.7 Å². The van der Waals surface area contributed by atoms with Gasteiger partial charge in [-0.15, -0.1) is 45.3 Å². The fraction of sp³-hybridized carbons (Fsp3) is 0.400. The number of hydrogen-bond donors (Lipinski definition) is 0. The molecule has 5 heterocycles. The van der Waals surface area contributed by atoms with Gasteiger partial charge in [0.15, 0.2) is 0 Å². The van der Waals surface area contributed by atoms with E-state index in [2.05, 4.69) is 85.3 Å². The fourth-order valence-electron chi connectivity index (χ4n) is 6.18. The molecule has 0 atom stereocenters. The highest BCUT2D eigenvalue weighted by molar-refractivity contribution is 7.16. The van der Waals surface area contributed by atoms with Crippen LogP contribution in [0.1, 0.15) is 101 Å². The molecular formula is C40H46N2S4. The number of rotatable bonds is 18. The van der Waals surface area contributed by atoms with Crippen LogP contribution >= 0.6 is 45.3 Å². The van der Waals surface area contributed by atoms with E-state index in [1.165, 1.54) is 117 Å². The van der Waals surface area contributed by atoms with E-state index in [0.717, 1.165) is 35.3 Å². The third kappa shape index (κ3) is 8.25. The van der Waals surface area contributed by atoms with E-state index < -0.39 is 0 Å². The number of nitrogens with zero attached hydrogens (tertiary/aromatic N) is 2. The summed E-state index contributed by atoms with van der Waals surface area (Å²) < 4.78 is 0. The van der Waals surface area contributed by atoms with Gasteiger partial charge < -0.3 is 0 Å². The number of fused-ring (bicyclic) bond motifs is 1. The van der Waals surface area contributed by atoms with Gasteiger partial charge in [-0.1, -0.05) is 102 Å². The van der Waals surface area contributed by atoms with Crippen LogP contribution in [0.25, 0.3) is 53.1 Å². The molecule has 2 nitrogen and oxygen atoms in total. The number of aryl methyl sites for hydroxylation is 2. The first-order chi connectivity index (χ1) is 22.7. The summed E-state index contributed by atoms with van der Waals surface area (Å²) in [7, 11) is 0. The van der Waals surface area contributed by atoms with Gasteiger partial charge >= 0.3 is 0 Å². The molecule has 0 aliphatic rings. The second-order valence-corrected chi connectivity index (χ2v) is 16.5. The molecule has 0 saturated carbocycles. The molecule has 6 rings (SSSR count). The molecule has 0 aliphatic heterocycles. The van der Waals surface area contributed by atoms with Gasteiger partial charge in [0.05, 0.1) is 20.8 Å². The van der Waals surface area contributed by atoms with Gasteiger partial charge in [0.25, 0.3) is 0 Å². The number of thiophene rings is 4. The maximum atomic E-state index is 5.57. The zero-order valence-electron chi connectivity index (χ0n) is 27.4. The summed E-state index contributed by atoms with van der Waals surface area (Å²) in [6.45, 7) is 4.58. The Morgan fingerprint density at radius 1 is 0.457 bits per heavy atom. The summed E-state index contributed by atoms with van der Waals surface area (Å²) in [5, 5.41) is 4.31. The van der Waals surface area contributed by atoms with Crippen molar-refractivity contribution in [3.63, 3.8) is 0 Å². The van der Waals surface area contributed by atoms with Crippen LogP contribution in [0.3, 0.4) is 0 Å². The molecule has 0 unspecified atom stereocenters. The summed E-state index contributed by atoms with van der Waals surface area (Å²) in [5.74, 6) is 0. The van der Waals surface area contributed by atoms with Crippen LogP contribution < -0.4 is 0 Å². The summed E-state index contributed by atoms with van der Waals surface area (Å²) in [4.78, 5) is 19.0. The third-order valence-corrected chi connectivity index (χ3v) is 12.8. The molecule has 0 amide bonds. The van der Waals surface area contributed by atoms with Crippen molar-refractivity contribution in [2.24, 2.45) is 0 Å². The Kier molecular flexibility index (Phi) is 12.3. The lowest BCUT2D eigenvalue weighted by Crippen LogP contribution is -1.96. The van der Waals surface area contributed by atoms with Gasteiger partial charge in [-0.25, -0.2) is 9.97 Å². The van der Waals surface area contributed by atoms with Gasteiger partial charge in [-0.2, -0.15) is 0 Å². The van der Waals surface area contributed by atoms with Gasteiger partial charge in [-0.3, -0.25) is 0 Å². The number of unbranched alkanes of at least 4 members (excludes halogenated alkanes) is 10. The second kappa shape index (κ2) is 17.0. The van der Waals surface area contributed by atoms with E-state index in [9.17, 15) is 0 Å². The first kappa shape index (κ1) is 33.3. The van der Waals surface area contributed by atoms with Gasteiger partial charge in [0.2, 0.25) is 0 Å². The van der Waals surface area contributed by atoms with Crippen molar-refractivity contribution >= 4 is 56.4 Å². The Morgan fingerprint density at radius 2 is 0.891 bits per heavy atom. The monoisotopic (exact) mass is 682 g/mol. The predicted molar refractivity (Wildman–Crippen MR) is 207 cm³/mol. The first-order valence-corrected chi connectivity index (χ1v) is 20.7. The van der Waals surface area contributed by atoms with E-state index in [1.54, 1.807) is 22.7 Å². The Bertz CT molecular complexity index is 1640. The van der Waals surface area contributed by atoms with Crippen LogP contribution in [-0.2, 0) is 12.8 Å². The standard InChI is InChI=1S/C40H46N2S4/c1-3-5-7-9-11-13-17-29-21-25-35(45-29)39-40(36-26-22-30(46-36)18-14-12-10-8-6-4-2)42-38-32(34-20-16-28-44-34)24-23-31(37(38)41-39)33-19-15-27-43-33/h15-16,19-28H,3-14,17-18H2,1-2H3. The fourth-order valence-corrected chi connectivity index (χ4v) is 9.76. The van der Waals surface area contributed by atoms with Crippen molar-refractivity contribution in [1.29, 1.82) is 0 Å². The maximum absolute atomic E-state index is 5.57. The molecule has 0 saturated heterocycles. The van der Waals surface area contributed by atoms with Crippen LogP contribution in [0.4, 0.5) is 0 Å². The van der Waals surface area contributed by atoms with Crippen molar-refractivity contribution in [2.45, 2.75) is 104 Å². The van der Waals surface area contributed by atoms with Gasteiger partial charge in [0.1, 0.15) is 11.4 Å². The van der Waals surface area contributed by atoms with Crippen molar-refractivity contribution in [3.8, 4) is 42.0 Å². The average molecular weight is 683 g/mol. The van der Waals surface area contributed by atoms with E-state index in [-0.39, 0.29) is 0 Å². The first-order valence-electron chi connectivity index (χ1n) is 17.4.